The van der Waals surface area contributed by atoms with Crippen LogP contribution in [0.2, 0.25) is 0 Å². The summed E-state index contributed by atoms with van der Waals surface area (Å²) in [6, 6.07) is 11.0. The van der Waals surface area contributed by atoms with Gasteiger partial charge in [0, 0.05) is 11.6 Å². The molecule has 0 saturated heterocycles. The Balaban J connectivity index is 2.28. The van der Waals surface area contributed by atoms with Gasteiger partial charge in [0.2, 0.25) is 0 Å². The third-order valence-corrected chi connectivity index (χ3v) is 3.50. The Labute approximate surface area is 131 Å². The Hall–Kier alpha value is -2.49. The molecular formula is C18H21NO3. The number of hydrogen-bond acceptors (Lipinski definition) is 3. The van der Waals surface area contributed by atoms with Crippen molar-refractivity contribution in [3.63, 3.8) is 0 Å². The molecule has 2 aromatic rings. The largest absolute Gasteiger partial charge is 0.497 e. The van der Waals surface area contributed by atoms with Crippen LogP contribution in [0.15, 0.2) is 36.4 Å². The Morgan fingerprint density at radius 2 is 1.86 bits per heavy atom. The lowest BCUT2D eigenvalue weighted by Crippen LogP contribution is -2.13. The monoisotopic (exact) mass is 299 g/mol. The number of carbonyl (C=O) groups is 1. The van der Waals surface area contributed by atoms with Gasteiger partial charge in [-0.05, 0) is 56.2 Å². The molecule has 0 bridgehead atoms. The van der Waals surface area contributed by atoms with Crippen molar-refractivity contribution in [3.8, 4) is 11.5 Å². The van der Waals surface area contributed by atoms with Crippen molar-refractivity contribution in [1.82, 2.24) is 0 Å². The Kier molecular flexibility index (Phi) is 5.04. The van der Waals surface area contributed by atoms with Gasteiger partial charge in [-0.25, -0.2) is 0 Å². The van der Waals surface area contributed by atoms with Gasteiger partial charge in [-0.15, -0.1) is 0 Å². The SMILES string of the molecule is CCOc1ccc(OC)cc1NC(=O)c1ccc(C)c(C)c1. The number of benzene rings is 2. The normalized spacial score (nSPS) is 10.2. The molecular weight excluding hydrogens is 278 g/mol. The van der Waals surface area contributed by atoms with E-state index >= 15 is 0 Å². The molecule has 0 saturated carbocycles. The number of nitrogens with one attached hydrogen (secondary N) is 1. The van der Waals surface area contributed by atoms with Gasteiger partial charge in [-0.1, -0.05) is 6.07 Å². The van der Waals surface area contributed by atoms with Gasteiger partial charge in [-0.2, -0.15) is 0 Å². The van der Waals surface area contributed by atoms with Gasteiger partial charge in [0.05, 0.1) is 19.4 Å². The van der Waals surface area contributed by atoms with E-state index < -0.39 is 0 Å². The van der Waals surface area contributed by atoms with Gasteiger partial charge in [0.15, 0.2) is 0 Å². The summed E-state index contributed by atoms with van der Waals surface area (Å²) in [4.78, 5) is 12.4. The predicted molar refractivity (Wildman–Crippen MR) is 88.0 cm³/mol. The fourth-order valence-corrected chi connectivity index (χ4v) is 2.09. The summed E-state index contributed by atoms with van der Waals surface area (Å²) in [6.07, 6.45) is 0. The molecule has 0 heterocycles. The van der Waals surface area contributed by atoms with Gasteiger partial charge >= 0.3 is 0 Å². The molecule has 0 radical (unpaired) electrons. The van der Waals surface area contributed by atoms with E-state index in [2.05, 4.69) is 5.32 Å². The average Bonchev–Trinajstić information content (AvgIpc) is 2.51. The van der Waals surface area contributed by atoms with E-state index in [1.54, 1.807) is 25.3 Å². The first-order valence-corrected chi connectivity index (χ1v) is 7.24. The molecule has 0 aliphatic heterocycles. The van der Waals surface area contributed by atoms with Crippen molar-refractivity contribution in [2.45, 2.75) is 20.8 Å². The molecule has 2 rings (SSSR count). The third kappa shape index (κ3) is 3.58. The summed E-state index contributed by atoms with van der Waals surface area (Å²) in [5.41, 5.74) is 3.47. The van der Waals surface area contributed by atoms with Crippen LogP contribution in [-0.4, -0.2) is 19.6 Å². The number of aryl methyl sites for hydroxylation is 2. The summed E-state index contributed by atoms with van der Waals surface area (Å²) in [7, 11) is 1.59. The number of anilines is 1. The van der Waals surface area contributed by atoms with Crippen LogP contribution in [0.3, 0.4) is 0 Å². The highest BCUT2D eigenvalue weighted by molar-refractivity contribution is 6.05. The summed E-state index contributed by atoms with van der Waals surface area (Å²) in [6.45, 7) is 6.44. The third-order valence-electron chi connectivity index (χ3n) is 3.50. The zero-order valence-corrected chi connectivity index (χ0v) is 13.4. The van der Waals surface area contributed by atoms with Crippen molar-refractivity contribution in [2.75, 3.05) is 19.0 Å². The molecule has 0 aliphatic rings. The first-order chi connectivity index (χ1) is 10.5. The van der Waals surface area contributed by atoms with E-state index in [9.17, 15) is 4.79 Å². The summed E-state index contributed by atoms with van der Waals surface area (Å²) < 4.78 is 10.7. The fraction of sp³-hybridized carbons (Fsp3) is 0.278. The summed E-state index contributed by atoms with van der Waals surface area (Å²) in [5.74, 6) is 1.12. The highest BCUT2D eigenvalue weighted by Crippen LogP contribution is 2.29. The lowest BCUT2D eigenvalue weighted by Gasteiger charge is -2.13. The van der Waals surface area contributed by atoms with Gasteiger partial charge in [-0.3, -0.25) is 4.79 Å². The molecule has 22 heavy (non-hydrogen) atoms. The first kappa shape index (κ1) is 15.9. The molecule has 1 amide bonds. The minimum absolute atomic E-state index is 0.169. The molecule has 2 aromatic carbocycles. The Morgan fingerprint density at radius 3 is 2.50 bits per heavy atom. The van der Waals surface area contributed by atoms with E-state index in [4.69, 9.17) is 9.47 Å². The minimum Gasteiger partial charge on any atom is -0.497 e. The minimum atomic E-state index is -0.169. The van der Waals surface area contributed by atoms with E-state index in [0.29, 0.717) is 29.4 Å². The van der Waals surface area contributed by atoms with Crippen molar-refractivity contribution < 1.29 is 14.3 Å². The van der Waals surface area contributed by atoms with Gasteiger partial charge < -0.3 is 14.8 Å². The van der Waals surface area contributed by atoms with Crippen LogP contribution >= 0.6 is 0 Å². The van der Waals surface area contributed by atoms with Gasteiger partial charge in [0.1, 0.15) is 11.5 Å². The number of rotatable bonds is 5. The maximum Gasteiger partial charge on any atom is 0.255 e. The number of hydrogen-bond donors (Lipinski definition) is 1. The lowest BCUT2D eigenvalue weighted by molar-refractivity contribution is 0.102. The maximum atomic E-state index is 12.4. The molecule has 1 N–H and O–H groups in total. The zero-order chi connectivity index (χ0) is 16.1. The summed E-state index contributed by atoms with van der Waals surface area (Å²) in [5, 5.41) is 2.89. The van der Waals surface area contributed by atoms with E-state index in [-0.39, 0.29) is 5.91 Å². The van der Waals surface area contributed by atoms with Crippen LogP contribution in [0.5, 0.6) is 11.5 Å². The van der Waals surface area contributed by atoms with Crippen LogP contribution in [-0.2, 0) is 0 Å². The molecule has 4 nitrogen and oxygen atoms in total. The van der Waals surface area contributed by atoms with Crippen LogP contribution in [0.4, 0.5) is 5.69 Å². The van der Waals surface area contributed by atoms with Crippen LogP contribution < -0.4 is 14.8 Å². The second kappa shape index (κ2) is 6.98. The Bertz CT molecular complexity index is 680. The van der Waals surface area contributed by atoms with E-state index in [1.165, 1.54) is 0 Å². The standard InChI is InChI=1S/C18H21NO3/c1-5-22-17-9-8-15(21-4)11-16(17)19-18(20)14-7-6-12(2)13(3)10-14/h6-11H,5H2,1-4H3,(H,19,20). The molecule has 0 aliphatic carbocycles. The molecule has 0 aromatic heterocycles. The highest BCUT2D eigenvalue weighted by atomic mass is 16.5. The molecule has 4 heteroatoms. The van der Waals surface area contributed by atoms with E-state index in [0.717, 1.165) is 11.1 Å². The fourth-order valence-electron chi connectivity index (χ4n) is 2.09. The first-order valence-electron chi connectivity index (χ1n) is 7.24. The number of amides is 1. The second-order valence-corrected chi connectivity index (χ2v) is 5.05. The maximum absolute atomic E-state index is 12.4. The van der Waals surface area contributed by atoms with Crippen LogP contribution in [0.25, 0.3) is 0 Å². The smallest absolute Gasteiger partial charge is 0.255 e. The molecule has 0 spiro atoms. The lowest BCUT2D eigenvalue weighted by atomic mass is 10.1. The number of methoxy groups -OCH3 is 1. The molecule has 0 fully saturated rings. The number of ether oxygens (including phenoxy) is 2. The van der Waals surface area contributed by atoms with Gasteiger partial charge in [0.25, 0.3) is 5.91 Å². The Morgan fingerprint density at radius 1 is 1.09 bits per heavy atom. The number of carbonyl (C=O) groups excluding carboxylic acids is 1. The molecule has 116 valence electrons. The van der Waals surface area contributed by atoms with Crippen molar-refractivity contribution in [3.05, 3.63) is 53.1 Å². The van der Waals surface area contributed by atoms with E-state index in [1.807, 2.05) is 39.0 Å². The van der Waals surface area contributed by atoms with Crippen molar-refractivity contribution in [1.29, 1.82) is 0 Å². The highest BCUT2D eigenvalue weighted by Gasteiger charge is 2.12. The topological polar surface area (TPSA) is 47.6 Å². The predicted octanol–water partition coefficient (Wildman–Crippen LogP) is 3.96. The molecule has 0 unspecified atom stereocenters. The van der Waals surface area contributed by atoms with Crippen LogP contribution in [0.1, 0.15) is 28.4 Å². The van der Waals surface area contributed by atoms with Crippen molar-refractivity contribution in [2.24, 2.45) is 0 Å². The second-order valence-electron chi connectivity index (χ2n) is 5.05. The van der Waals surface area contributed by atoms with Crippen molar-refractivity contribution >= 4 is 11.6 Å². The quantitative estimate of drug-likeness (QED) is 0.909. The average molecular weight is 299 g/mol. The summed E-state index contributed by atoms with van der Waals surface area (Å²) >= 11 is 0. The zero-order valence-electron chi connectivity index (χ0n) is 13.4. The molecule has 0 atom stereocenters. The van der Waals surface area contributed by atoms with Crippen LogP contribution in [0, 0.1) is 13.8 Å².